The fourth-order valence-electron chi connectivity index (χ4n) is 5.17. The second kappa shape index (κ2) is 14.5. The maximum atomic E-state index is 13.1. The third-order valence-corrected chi connectivity index (χ3v) is 13.1. The van der Waals surface area contributed by atoms with Gasteiger partial charge in [-0.3, -0.25) is 0 Å². The molecular weight excluding hydrogens is 657 g/mol. The van der Waals surface area contributed by atoms with Crippen LogP contribution >= 0.6 is 11.8 Å². The van der Waals surface area contributed by atoms with Crippen molar-refractivity contribution in [3.05, 3.63) is 59.2 Å². The molecule has 45 heavy (non-hydrogen) atoms. The van der Waals surface area contributed by atoms with Crippen molar-refractivity contribution in [1.82, 2.24) is 4.90 Å². The first-order chi connectivity index (χ1) is 21.1. The van der Waals surface area contributed by atoms with Crippen LogP contribution in [0.4, 0.5) is 0 Å². The third kappa shape index (κ3) is 9.23. The zero-order valence-corrected chi connectivity index (χ0v) is 29.9. The summed E-state index contributed by atoms with van der Waals surface area (Å²) in [6.45, 7) is 13.9. The van der Waals surface area contributed by atoms with Crippen molar-refractivity contribution >= 4 is 44.3 Å². The summed E-state index contributed by atoms with van der Waals surface area (Å²) in [4.78, 5) is 38.7. The fourth-order valence-corrected chi connectivity index (χ4v) is 9.11. The molecule has 2 atom stereocenters. The van der Waals surface area contributed by atoms with Crippen molar-refractivity contribution < 1.29 is 38.4 Å². The van der Waals surface area contributed by atoms with E-state index < -0.39 is 26.6 Å². The third-order valence-electron chi connectivity index (χ3n) is 7.57. The number of carboxylic acid groups (broad SMARTS) is 1. The number of aliphatic carboxylic acids is 1. The van der Waals surface area contributed by atoms with E-state index in [9.17, 15) is 14.4 Å². The van der Waals surface area contributed by atoms with E-state index in [1.165, 1.54) is 0 Å². The van der Waals surface area contributed by atoms with Crippen LogP contribution in [-0.2, 0) is 25.2 Å². The van der Waals surface area contributed by atoms with Crippen molar-refractivity contribution in [2.75, 3.05) is 25.7 Å². The quantitative estimate of drug-likeness (QED) is 0.112. The fraction of sp³-hybridized carbons (Fsp3) is 0.500. The number of fused-ring (bicyclic) bond motifs is 1. The van der Waals surface area contributed by atoms with E-state index in [4.69, 9.17) is 24.1 Å². The summed E-state index contributed by atoms with van der Waals surface area (Å²) in [5.74, 6) is 1.29. The van der Waals surface area contributed by atoms with Crippen LogP contribution in [0.25, 0.3) is 0 Å². The predicted molar refractivity (Wildman–Crippen MR) is 177 cm³/mol. The number of amides is 1. The Morgan fingerprint density at radius 3 is 2.33 bits per heavy atom. The monoisotopic (exact) mass is 701 g/mol. The van der Waals surface area contributed by atoms with Crippen molar-refractivity contribution in [1.29, 1.82) is 0 Å². The normalized spacial score (nSPS) is 17.2. The van der Waals surface area contributed by atoms with Crippen LogP contribution < -0.4 is 18.9 Å². The van der Waals surface area contributed by atoms with Crippen molar-refractivity contribution in [2.45, 2.75) is 80.3 Å². The summed E-state index contributed by atoms with van der Waals surface area (Å²) in [5, 5.41) is 11.0. The van der Waals surface area contributed by atoms with Gasteiger partial charge in [-0.05, 0) is 0 Å². The van der Waals surface area contributed by atoms with Crippen LogP contribution in [0.1, 0.15) is 70.0 Å². The Kier molecular flexibility index (Phi) is 11.2. The van der Waals surface area contributed by atoms with Crippen LogP contribution in [0.3, 0.4) is 0 Å². The van der Waals surface area contributed by atoms with E-state index in [1.54, 1.807) is 11.8 Å². The van der Waals surface area contributed by atoms with E-state index in [0.29, 0.717) is 30.4 Å². The van der Waals surface area contributed by atoms with Gasteiger partial charge in [-0.2, -0.15) is 0 Å². The van der Waals surface area contributed by atoms with Crippen LogP contribution in [0.2, 0.25) is 16.1 Å². The zero-order valence-electron chi connectivity index (χ0n) is 27.2. The summed E-state index contributed by atoms with van der Waals surface area (Å²) in [5.41, 5.74) is 4.26. The van der Waals surface area contributed by atoms with Crippen molar-refractivity contribution in [3.63, 3.8) is 0 Å². The summed E-state index contributed by atoms with van der Waals surface area (Å²) in [6, 6.07) is 9.74. The summed E-state index contributed by atoms with van der Waals surface area (Å²) < 4.78 is 22.6. The second-order valence-electron chi connectivity index (χ2n) is 13.3. The van der Waals surface area contributed by atoms with Gasteiger partial charge in [0, 0.05) is 6.08 Å². The van der Waals surface area contributed by atoms with E-state index >= 15 is 0 Å². The Bertz CT molecular complexity index is 1410. The van der Waals surface area contributed by atoms with Crippen LogP contribution in [0, 0.1) is 0 Å². The topological polar surface area (TPSA) is 112 Å². The molecule has 2 aliphatic rings. The molecule has 2 aromatic rings. The number of carbonyl (C=O) groups excluding carboxylic acids is 2. The average Bonchev–Trinajstić information content (AvgIpc) is 3.57. The van der Waals surface area contributed by atoms with Gasteiger partial charge in [0.15, 0.2) is 0 Å². The molecule has 0 spiro atoms. The minimum absolute atomic E-state index is 0.134. The average molecular weight is 702 g/mol. The molecule has 0 bridgehead atoms. The van der Waals surface area contributed by atoms with Gasteiger partial charge in [0.25, 0.3) is 0 Å². The summed E-state index contributed by atoms with van der Waals surface area (Å²) in [6.07, 6.45) is 2.64. The van der Waals surface area contributed by atoms with Gasteiger partial charge in [-0.25, -0.2) is 4.79 Å². The zero-order chi connectivity index (χ0) is 32.9. The molecule has 4 rings (SSSR count). The van der Waals surface area contributed by atoms with Gasteiger partial charge < -0.3 is 5.11 Å². The molecule has 1 fully saturated rings. The van der Waals surface area contributed by atoms with Crippen molar-refractivity contribution in [2.24, 2.45) is 0 Å². The molecular formula is C34H44AsNO8S. The number of nitrogens with zero attached hydrogens (tertiary/aromatic N) is 1. The van der Waals surface area contributed by atoms with E-state index in [2.05, 4.69) is 47.3 Å². The van der Waals surface area contributed by atoms with E-state index in [-0.39, 0.29) is 28.9 Å². The molecule has 0 saturated carbocycles. The Balaban J connectivity index is 1.44. The number of hydrogen-bond donors (Lipinski definition) is 1. The van der Waals surface area contributed by atoms with Crippen LogP contribution in [0.5, 0.6) is 23.0 Å². The van der Waals surface area contributed by atoms with Gasteiger partial charge in [-0.1, -0.05) is 0 Å². The molecule has 1 saturated heterocycles. The Morgan fingerprint density at radius 2 is 1.69 bits per heavy atom. The van der Waals surface area contributed by atoms with Gasteiger partial charge in [0.1, 0.15) is 0 Å². The Hall–Kier alpha value is -3.10. The SMILES string of the molecule is C[As](CCCN1C(=O)CSC1c1cc(C(C)(C)C)c(OC(=O)/C=C/C(=O)O)c(C(C)(C)C)c1)CCOc1ccc2c(c1)OCO2. The second-order valence-corrected chi connectivity index (χ2v) is 19.8. The molecule has 244 valence electrons. The number of thioether (sulfide) groups is 1. The van der Waals surface area contributed by atoms with Gasteiger partial charge in [-0.15, -0.1) is 0 Å². The Morgan fingerprint density at radius 1 is 1.02 bits per heavy atom. The number of rotatable bonds is 12. The van der Waals surface area contributed by atoms with Gasteiger partial charge in [0.2, 0.25) is 0 Å². The number of benzene rings is 2. The first kappa shape index (κ1) is 34.8. The number of esters is 1. The first-order valence-electron chi connectivity index (χ1n) is 15.1. The predicted octanol–water partition coefficient (Wildman–Crippen LogP) is 6.72. The Labute approximate surface area is 274 Å². The van der Waals surface area contributed by atoms with Crippen LogP contribution in [-0.4, -0.2) is 68.2 Å². The molecule has 0 aromatic heterocycles. The number of hydrogen-bond acceptors (Lipinski definition) is 8. The standard InChI is InChI=1S/C34H44AsNO8S/c1-33(2,3)24-17-22(18-25(34(4,5)6)31(24)44-30(40)12-11-29(38)39)32-36(28(37)20-45-32)15-8-13-35(7)14-16-41-23-9-10-26-27(19-23)43-21-42-26/h9-12,17-19,32H,8,13-16,20-21H2,1-7H3,(H,38,39)/b12-11+. The molecule has 11 heteroatoms. The number of carbonyl (C=O) groups is 3. The molecule has 2 aromatic carbocycles. The summed E-state index contributed by atoms with van der Waals surface area (Å²) >= 11 is 0.504. The molecule has 2 heterocycles. The molecule has 0 aliphatic carbocycles. The van der Waals surface area contributed by atoms with Gasteiger partial charge >= 0.3 is 260 Å². The van der Waals surface area contributed by atoms with Crippen molar-refractivity contribution in [3.8, 4) is 23.0 Å². The van der Waals surface area contributed by atoms with Gasteiger partial charge in [0.05, 0.1) is 0 Å². The molecule has 0 radical (unpaired) electrons. The van der Waals surface area contributed by atoms with Crippen LogP contribution in [0.15, 0.2) is 42.5 Å². The molecule has 9 nitrogen and oxygen atoms in total. The van der Waals surface area contributed by atoms with E-state index in [1.807, 2.05) is 35.2 Å². The molecule has 1 amide bonds. The number of carboxylic acids is 1. The molecule has 1 N–H and O–H groups in total. The number of ether oxygens (including phenoxy) is 4. The first-order valence-corrected chi connectivity index (χ1v) is 20.6. The maximum absolute atomic E-state index is 13.1. The van der Waals surface area contributed by atoms with E-state index in [0.717, 1.165) is 57.2 Å². The molecule has 2 unspecified atom stereocenters. The summed E-state index contributed by atoms with van der Waals surface area (Å²) in [7, 11) is 0. The molecule has 2 aliphatic heterocycles. The minimum atomic E-state index is -1.22.